The van der Waals surface area contributed by atoms with E-state index < -0.39 is 0 Å². The Bertz CT molecular complexity index is 1560. The van der Waals surface area contributed by atoms with Gasteiger partial charge in [-0.25, -0.2) is 14.6 Å². The van der Waals surface area contributed by atoms with Crippen molar-refractivity contribution in [2.45, 2.75) is 26.7 Å². The summed E-state index contributed by atoms with van der Waals surface area (Å²) in [6, 6.07) is 7.14. The van der Waals surface area contributed by atoms with Crippen LogP contribution in [0.25, 0.3) is 22.5 Å². The van der Waals surface area contributed by atoms with E-state index in [1.165, 1.54) is 12.5 Å². The Morgan fingerprint density at radius 2 is 1.97 bits per heavy atom. The van der Waals surface area contributed by atoms with E-state index >= 15 is 0 Å². The van der Waals surface area contributed by atoms with Crippen LogP contribution in [0.5, 0.6) is 0 Å². The van der Waals surface area contributed by atoms with Gasteiger partial charge in [-0.15, -0.1) is 5.10 Å². The summed E-state index contributed by atoms with van der Waals surface area (Å²) in [6.07, 6.45) is 3.59. The van der Waals surface area contributed by atoms with Crippen LogP contribution in [0.1, 0.15) is 23.4 Å². The summed E-state index contributed by atoms with van der Waals surface area (Å²) in [5.74, 6) is 0.479. The number of aromatic nitrogens is 8. The van der Waals surface area contributed by atoms with Crippen LogP contribution in [-0.4, -0.2) is 45.2 Å². The third-order valence-corrected chi connectivity index (χ3v) is 5.43. The van der Waals surface area contributed by atoms with E-state index in [9.17, 15) is 9.59 Å². The number of nitrogen functional groups attached to an aromatic ring is 1. The summed E-state index contributed by atoms with van der Waals surface area (Å²) < 4.78 is 3.16. The molecule has 0 unspecified atom stereocenters. The van der Waals surface area contributed by atoms with Crippen LogP contribution in [0.2, 0.25) is 0 Å². The number of carbonyl (C=O) groups excluding carboxylic acids is 1. The quantitative estimate of drug-likeness (QED) is 0.365. The Kier molecular flexibility index (Phi) is 4.81. The van der Waals surface area contributed by atoms with Crippen molar-refractivity contribution in [3.8, 4) is 5.69 Å². The predicted octanol–water partition coefficient (Wildman–Crippen LogP) is 1.32. The van der Waals surface area contributed by atoms with E-state index in [1.807, 2.05) is 13.8 Å². The number of nitrogens with two attached hydrogens (primary N) is 1. The second-order valence-electron chi connectivity index (χ2n) is 7.56. The van der Waals surface area contributed by atoms with Crippen molar-refractivity contribution < 1.29 is 4.79 Å². The average molecular weight is 444 g/mol. The molecule has 4 heterocycles. The van der Waals surface area contributed by atoms with E-state index in [1.54, 1.807) is 33.5 Å². The SMILES string of the molecule is Cc1nc2nc(N)nn2c(C)c1CCC(=O)Nc1ccc(-n2ncc3c(=O)[nH]cnc32)cc1. The van der Waals surface area contributed by atoms with E-state index in [0.717, 1.165) is 22.6 Å². The van der Waals surface area contributed by atoms with Crippen molar-refractivity contribution in [1.82, 2.24) is 39.3 Å². The summed E-state index contributed by atoms with van der Waals surface area (Å²) in [7, 11) is 0. The van der Waals surface area contributed by atoms with Gasteiger partial charge in [0.1, 0.15) is 5.39 Å². The molecule has 12 nitrogen and oxygen atoms in total. The molecule has 1 aromatic carbocycles. The molecule has 0 saturated heterocycles. The van der Waals surface area contributed by atoms with Crippen molar-refractivity contribution in [2.75, 3.05) is 11.1 Å². The first-order valence-corrected chi connectivity index (χ1v) is 10.2. The lowest BCUT2D eigenvalue weighted by atomic mass is 10.1. The molecule has 5 rings (SSSR count). The molecule has 0 fully saturated rings. The molecule has 0 aliphatic rings. The second kappa shape index (κ2) is 7.82. The van der Waals surface area contributed by atoms with Gasteiger partial charge in [-0.2, -0.15) is 14.6 Å². The van der Waals surface area contributed by atoms with E-state index in [-0.39, 0.29) is 23.8 Å². The number of benzene rings is 1. The first kappa shape index (κ1) is 20.3. The van der Waals surface area contributed by atoms with Crippen molar-refractivity contribution in [3.63, 3.8) is 0 Å². The Morgan fingerprint density at radius 3 is 2.76 bits per heavy atom. The van der Waals surface area contributed by atoms with E-state index in [2.05, 4.69) is 35.5 Å². The Morgan fingerprint density at radius 1 is 1.18 bits per heavy atom. The van der Waals surface area contributed by atoms with Gasteiger partial charge in [-0.05, 0) is 50.1 Å². The van der Waals surface area contributed by atoms with Crippen LogP contribution in [0, 0.1) is 13.8 Å². The molecule has 0 aliphatic heterocycles. The van der Waals surface area contributed by atoms with Gasteiger partial charge in [0.2, 0.25) is 11.9 Å². The third kappa shape index (κ3) is 3.67. The molecule has 33 heavy (non-hydrogen) atoms. The molecule has 0 bridgehead atoms. The number of anilines is 2. The summed E-state index contributed by atoms with van der Waals surface area (Å²) >= 11 is 0. The van der Waals surface area contributed by atoms with Gasteiger partial charge in [0, 0.05) is 23.5 Å². The first-order valence-electron chi connectivity index (χ1n) is 10.2. The molecule has 5 aromatic rings. The Labute approximate surface area is 186 Å². The molecule has 4 aromatic heterocycles. The van der Waals surface area contributed by atoms with Crippen LogP contribution >= 0.6 is 0 Å². The van der Waals surface area contributed by atoms with Gasteiger partial charge >= 0.3 is 0 Å². The fraction of sp³-hybridized carbons (Fsp3) is 0.190. The standard InChI is InChI=1S/C21H20N10O2/c1-11-15(12(2)30-21(26-11)28-20(22)29-30)7-8-17(32)27-13-3-5-14(6-4-13)31-18-16(9-25-31)19(33)24-10-23-18/h3-6,9-10H,7-8H2,1-2H3,(H2,22,29)(H,27,32)(H,23,24,33). The van der Waals surface area contributed by atoms with Crippen LogP contribution in [-0.2, 0) is 11.2 Å². The van der Waals surface area contributed by atoms with Crippen LogP contribution in [0.15, 0.2) is 41.6 Å². The van der Waals surface area contributed by atoms with Gasteiger partial charge in [-0.1, -0.05) is 0 Å². The number of carbonyl (C=O) groups is 1. The minimum absolute atomic E-state index is 0.127. The second-order valence-corrected chi connectivity index (χ2v) is 7.56. The Balaban J connectivity index is 1.28. The molecule has 0 radical (unpaired) electrons. The maximum atomic E-state index is 12.5. The van der Waals surface area contributed by atoms with Crippen LogP contribution in [0.4, 0.5) is 11.6 Å². The summed E-state index contributed by atoms with van der Waals surface area (Å²) in [5, 5.41) is 11.7. The lowest BCUT2D eigenvalue weighted by molar-refractivity contribution is -0.116. The minimum atomic E-state index is -0.248. The number of hydrogen-bond donors (Lipinski definition) is 3. The third-order valence-electron chi connectivity index (χ3n) is 5.43. The molecule has 0 spiro atoms. The lowest BCUT2D eigenvalue weighted by Gasteiger charge is -2.11. The molecule has 12 heteroatoms. The number of hydrogen-bond acceptors (Lipinski definition) is 8. The van der Waals surface area contributed by atoms with E-state index in [0.29, 0.717) is 28.9 Å². The lowest BCUT2D eigenvalue weighted by Crippen LogP contribution is -2.14. The van der Waals surface area contributed by atoms with Crippen molar-refractivity contribution >= 4 is 34.4 Å². The van der Waals surface area contributed by atoms with Crippen LogP contribution < -0.4 is 16.6 Å². The van der Waals surface area contributed by atoms with Gasteiger partial charge in [0.05, 0.1) is 18.2 Å². The zero-order valence-corrected chi connectivity index (χ0v) is 17.9. The zero-order chi connectivity index (χ0) is 23.1. The normalized spacial score (nSPS) is 11.3. The molecular weight excluding hydrogens is 424 g/mol. The number of aromatic amines is 1. The highest BCUT2D eigenvalue weighted by atomic mass is 16.1. The minimum Gasteiger partial charge on any atom is -0.366 e. The molecule has 0 aliphatic carbocycles. The monoisotopic (exact) mass is 444 g/mol. The number of H-pyrrole nitrogens is 1. The Hall–Kier alpha value is -4.61. The van der Waals surface area contributed by atoms with Crippen molar-refractivity contribution in [1.29, 1.82) is 0 Å². The van der Waals surface area contributed by atoms with E-state index in [4.69, 9.17) is 5.73 Å². The van der Waals surface area contributed by atoms with Gasteiger partial charge in [0.15, 0.2) is 5.65 Å². The molecule has 1 amide bonds. The number of amides is 1. The van der Waals surface area contributed by atoms with Gasteiger partial charge in [-0.3, -0.25) is 9.59 Å². The highest BCUT2D eigenvalue weighted by molar-refractivity contribution is 5.91. The van der Waals surface area contributed by atoms with Crippen molar-refractivity contribution in [3.05, 3.63) is 64.1 Å². The molecule has 4 N–H and O–H groups in total. The molecule has 0 saturated carbocycles. The average Bonchev–Trinajstić information content (AvgIpc) is 3.38. The highest BCUT2D eigenvalue weighted by Crippen LogP contribution is 2.18. The fourth-order valence-corrected chi connectivity index (χ4v) is 3.78. The summed E-state index contributed by atoms with van der Waals surface area (Å²) in [4.78, 5) is 39.6. The van der Waals surface area contributed by atoms with Crippen LogP contribution in [0.3, 0.4) is 0 Å². The smallest absolute Gasteiger partial charge is 0.261 e. The van der Waals surface area contributed by atoms with Crippen molar-refractivity contribution in [2.24, 2.45) is 0 Å². The summed E-state index contributed by atoms with van der Waals surface area (Å²) in [5.41, 5.74) is 9.84. The highest BCUT2D eigenvalue weighted by Gasteiger charge is 2.14. The summed E-state index contributed by atoms with van der Waals surface area (Å²) in [6.45, 7) is 3.79. The molecular formula is C21H20N10O2. The van der Waals surface area contributed by atoms with Gasteiger partial charge < -0.3 is 16.0 Å². The number of rotatable bonds is 5. The fourth-order valence-electron chi connectivity index (χ4n) is 3.78. The number of nitrogens with zero attached hydrogens (tertiary/aromatic N) is 7. The predicted molar refractivity (Wildman–Crippen MR) is 121 cm³/mol. The molecule has 0 atom stereocenters. The maximum absolute atomic E-state index is 12.5. The maximum Gasteiger partial charge on any atom is 0.261 e. The first-order chi connectivity index (χ1) is 15.9. The number of aryl methyl sites for hydroxylation is 2. The zero-order valence-electron chi connectivity index (χ0n) is 17.9. The number of nitrogens with one attached hydrogen (secondary N) is 2. The number of fused-ring (bicyclic) bond motifs is 2. The largest absolute Gasteiger partial charge is 0.366 e. The topological polar surface area (TPSA) is 162 Å². The molecule has 166 valence electrons. The van der Waals surface area contributed by atoms with Gasteiger partial charge in [0.25, 0.3) is 11.3 Å².